The van der Waals surface area contributed by atoms with E-state index in [1.807, 2.05) is 98.0 Å². The van der Waals surface area contributed by atoms with Crippen LogP contribution in [0.3, 0.4) is 0 Å². The SMILES string of the molecule is CCC(C)C(C(CC(=O)N1CCC[C@H]1C(OC)C(C)C(=O)NC(Cc1ccccc1)c1nccs1)OC)N(C)C(=O)C(NC(=O)C(C(C)C)N(C)C(=O)C(COC(N)=O)CC(C)C)C(C)C. The van der Waals surface area contributed by atoms with Gasteiger partial charge in [-0.05, 0) is 54.9 Å². The number of benzene rings is 1. The molecule has 1 saturated heterocycles. The molecule has 1 aliphatic heterocycles. The highest BCUT2D eigenvalue weighted by molar-refractivity contribution is 7.09. The minimum Gasteiger partial charge on any atom is -0.449 e. The lowest BCUT2D eigenvalue weighted by molar-refractivity contribution is -0.149. The maximum absolute atomic E-state index is 14.7. The highest BCUT2D eigenvalue weighted by atomic mass is 32.1. The number of primary amides is 1. The first-order valence-electron chi connectivity index (χ1n) is 23.5. The summed E-state index contributed by atoms with van der Waals surface area (Å²) in [7, 11) is 6.33. The maximum Gasteiger partial charge on any atom is 0.404 e. The van der Waals surface area contributed by atoms with E-state index >= 15 is 0 Å². The van der Waals surface area contributed by atoms with Gasteiger partial charge in [0.2, 0.25) is 29.5 Å². The molecule has 0 radical (unpaired) electrons. The largest absolute Gasteiger partial charge is 0.449 e. The molecular weight excluding hydrogens is 863 g/mol. The number of carbonyl (C=O) groups is 6. The van der Waals surface area contributed by atoms with Crippen molar-refractivity contribution in [3.05, 3.63) is 52.5 Å². The van der Waals surface area contributed by atoms with Crippen LogP contribution >= 0.6 is 11.3 Å². The summed E-state index contributed by atoms with van der Waals surface area (Å²) in [6.07, 6.45) is 2.45. The Labute approximate surface area is 397 Å². The fourth-order valence-corrected chi connectivity index (χ4v) is 10.1. The molecule has 10 atom stereocenters. The summed E-state index contributed by atoms with van der Waals surface area (Å²) in [4.78, 5) is 91.9. The van der Waals surface area contributed by atoms with Crippen molar-refractivity contribution in [1.82, 2.24) is 30.3 Å². The van der Waals surface area contributed by atoms with Gasteiger partial charge in [-0.3, -0.25) is 24.0 Å². The van der Waals surface area contributed by atoms with E-state index in [-0.39, 0.29) is 72.4 Å². The summed E-state index contributed by atoms with van der Waals surface area (Å²) < 4.78 is 17.2. The van der Waals surface area contributed by atoms with Crippen LogP contribution in [0.2, 0.25) is 0 Å². The molecule has 17 heteroatoms. The number of aromatic nitrogens is 1. The molecule has 2 aromatic rings. The van der Waals surface area contributed by atoms with Crippen molar-refractivity contribution in [3.63, 3.8) is 0 Å². The highest BCUT2D eigenvalue weighted by Crippen LogP contribution is 2.31. The zero-order valence-electron chi connectivity index (χ0n) is 41.7. The van der Waals surface area contributed by atoms with Crippen molar-refractivity contribution in [2.75, 3.05) is 41.5 Å². The van der Waals surface area contributed by atoms with Gasteiger partial charge in [0.05, 0.1) is 48.6 Å². The zero-order chi connectivity index (χ0) is 49.4. The number of hydrogen-bond donors (Lipinski definition) is 3. The molecule has 9 unspecified atom stereocenters. The third kappa shape index (κ3) is 15.2. The van der Waals surface area contributed by atoms with Gasteiger partial charge >= 0.3 is 6.09 Å². The Hall–Kier alpha value is -4.61. The molecular formula is C49H79N7O9S. The third-order valence-electron chi connectivity index (χ3n) is 13.0. The number of amides is 6. The Balaban J connectivity index is 1.81. The summed E-state index contributed by atoms with van der Waals surface area (Å²) in [5.74, 6) is -3.61. The van der Waals surface area contributed by atoms with Gasteiger partial charge in [0, 0.05) is 46.4 Å². The Kier molecular flexibility index (Phi) is 22.5. The summed E-state index contributed by atoms with van der Waals surface area (Å²) >= 11 is 1.49. The lowest BCUT2D eigenvalue weighted by atomic mass is 9.89. The molecule has 0 saturated carbocycles. The Morgan fingerprint density at radius 2 is 1.56 bits per heavy atom. The standard InChI is InChI=1S/C49H79N7O9S/c1-14-32(8)42(55(11)48(61)40(30(4)5)53-45(59)41(31(6)7)54(10)47(60)35(25-29(2)3)28-65-49(50)62)38(63-12)27-39(57)56-23-18-21-37(56)43(64-13)33(9)44(58)52-36(46-51-22-24-66-46)26-34-19-16-15-17-20-34/h15-17,19-20,22,24,29-33,35-38,40-43H,14,18,21,23,25-28H2,1-13H3,(H2,50,62)(H,52,58)(H,53,59)/t32?,33?,35?,36?,37-,38?,40?,41?,42?,43?/m0/s1. The van der Waals surface area contributed by atoms with Gasteiger partial charge in [-0.25, -0.2) is 9.78 Å². The molecule has 2 heterocycles. The smallest absolute Gasteiger partial charge is 0.404 e. The number of nitrogens with zero attached hydrogens (tertiary/aromatic N) is 4. The average Bonchev–Trinajstić information content (AvgIpc) is 4.00. The molecule has 1 aromatic heterocycles. The first-order valence-corrected chi connectivity index (χ1v) is 24.4. The predicted octanol–water partition coefficient (Wildman–Crippen LogP) is 5.84. The molecule has 370 valence electrons. The summed E-state index contributed by atoms with van der Waals surface area (Å²) in [6, 6.07) is 6.76. The lowest BCUT2D eigenvalue weighted by Gasteiger charge is -2.41. The highest BCUT2D eigenvalue weighted by Gasteiger charge is 2.44. The van der Waals surface area contributed by atoms with E-state index in [0.717, 1.165) is 17.0 Å². The minimum absolute atomic E-state index is 0.0299. The number of likely N-dealkylation sites (tertiary alicyclic amines) is 1. The van der Waals surface area contributed by atoms with Crippen LogP contribution in [0.5, 0.6) is 0 Å². The predicted molar refractivity (Wildman–Crippen MR) is 256 cm³/mol. The summed E-state index contributed by atoms with van der Waals surface area (Å²) in [5.41, 5.74) is 6.29. The Bertz CT molecular complexity index is 1850. The number of ether oxygens (including phenoxy) is 3. The van der Waals surface area contributed by atoms with Crippen LogP contribution in [0.4, 0.5) is 4.79 Å². The zero-order valence-corrected chi connectivity index (χ0v) is 42.5. The van der Waals surface area contributed by atoms with Gasteiger partial charge in [0.1, 0.15) is 23.7 Å². The van der Waals surface area contributed by atoms with Gasteiger partial charge in [0.15, 0.2) is 0 Å². The molecule has 1 aromatic carbocycles. The van der Waals surface area contributed by atoms with Gasteiger partial charge in [-0.2, -0.15) is 0 Å². The lowest BCUT2D eigenvalue weighted by Crippen LogP contribution is -2.60. The maximum atomic E-state index is 14.7. The second kappa shape index (κ2) is 26.7. The number of likely N-dealkylation sites (N-methyl/N-ethyl adjacent to an activating group) is 2. The van der Waals surface area contributed by atoms with Crippen molar-refractivity contribution < 1.29 is 43.0 Å². The molecule has 1 aliphatic rings. The van der Waals surface area contributed by atoms with E-state index in [0.29, 0.717) is 32.2 Å². The number of thiazole rings is 1. The molecule has 3 rings (SSSR count). The summed E-state index contributed by atoms with van der Waals surface area (Å²) in [5, 5.41) is 8.90. The van der Waals surface area contributed by atoms with Gasteiger partial charge < -0.3 is 45.3 Å². The van der Waals surface area contributed by atoms with Gasteiger partial charge in [0.25, 0.3) is 0 Å². The molecule has 6 amide bonds. The normalized spacial score (nSPS) is 18.1. The van der Waals surface area contributed by atoms with Crippen molar-refractivity contribution >= 4 is 47.0 Å². The number of rotatable bonds is 26. The van der Waals surface area contributed by atoms with Crippen LogP contribution in [0, 0.1) is 35.5 Å². The molecule has 0 spiro atoms. The second-order valence-corrected chi connectivity index (χ2v) is 20.0. The van der Waals surface area contributed by atoms with Gasteiger partial charge in [-0.1, -0.05) is 99.1 Å². The molecule has 1 fully saturated rings. The second-order valence-electron chi connectivity index (χ2n) is 19.0. The van der Waals surface area contributed by atoms with Crippen LogP contribution in [-0.4, -0.2) is 133 Å². The average molecular weight is 942 g/mol. The monoisotopic (exact) mass is 942 g/mol. The van der Waals surface area contributed by atoms with E-state index in [1.54, 1.807) is 37.2 Å². The molecule has 66 heavy (non-hydrogen) atoms. The number of carbonyl (C=O) groups excluding carboxylic acids is 6. The fourth-order valence-electron chi connectivity index (χ4n) is 9.38. The van der Waals surface area contributed by atoms with Gasteiger partial charge in [-0.15, -0.1) is 11.3 Å². The number of hydrogen-bond acceptors (Lipinski definition) is 11. The van der Waals surface area contributed by atoms with Crippen LogP contribution < -0.4 is 16.4 Å². The topological polar surface area (TPSA) is 203 Å². The molecule has 0 aliphatic carbocycles. The number of methoxy groups -OCH3 is 2. The molecule has 4 N–H and O–H groups in total. The minimum atomic E-state index is -0.987. The number of nitrogens with one attached hydrogen (secondary N) is 2. The number of nitrogens with two attached hydrogens (primary N) is 1. The van der Waals surface area contributed by atoms with Crippen molar-refractivity contribution in [1.29, 1.82) is 0 Å². The summed E-state index contributed by atoms with van der Waals surface area (Å²) in [6.45, 7) is 17.3. The molecule has 16 nitrogen and oxygen atoms in total. The van der Waals surface area contributed by atoms with E-state index in [2.05, 4.69) is 15.6 Å². The van der Waals surface area contributed by atoms with E-state index in [9.17, 15) is 28.8 Å². The Morgan fingerprint density at radius 3 is 2.09 bits per heavy atom. The quantitative estimate of drug-likeness (QED) is 0.103. The van der Waals surface area contributed by atoms with Crippen LogP contribution in [0.1, 0.15) is 111 Å². The third-order valence-corrected chi connectivity index (χ3v) is 13.9. The van der Waals surface area contributed by atoms with Crippen LogP contribution in [0.25, 0.3) is 0 Å². The van der Waals surface area contributed by atoms with Crippen LogP contribution in [0.15, 0.2) is 41.9 Å². The van der Waals surface area contributed by atoms with Crippen molar-refractivity contribution in [2.24, 2.45) is 41.2 Å². The fraction of sp³-hybridized carbons (Fsp3) is 0.694. The Morgan fingerprint density at radius 1 is 0.894 bits per heavy atom. The first-order chi connectivity index (χ1) is 31.2. The first kappa shape index (κ1) is 55.7. The van der Waals surface area contributed by atoms with E-state index in [4.69, 9.17) is 19.9 Å². The van der Waals surface area contributed by atoms with Crippen LogP contribution in [-0.2, 0) is 44.6 Å². The van der Waals surface area contributed by atoms with Crippen molar-refractivity contribution in [2.45, 2.75) is 143 Å². The molecule has 0 bridgehead atoms. The van der Waals surface area contributed by atoms with E-state index < -0.39 is 54.2 Å². The van der Waals surface area contributed by atoms with E-state index in [1.165, 1.54) is 23.3 Å². The van der Waals surface area contributed by atoms with Crippen molar-refractivity contribution in [3.8, 4) is 0 Å².